The molecule has 2 N–H and O–H groups in total. The van der Waals surface area contributed by atoms with E-state index >= 15 is 0 Å². The molecule has 0 aromatic heterocycles. The van der Waals surface area contributed by atoms with Gasteiger partial charge in [0.25, 0.3) is 0 Å². The van der Waals surface area contributed by atoms with E-state index in [0.29, 0.717) is 23.3 Å². The molecule has 1 aromatic rings. The van der Waals surface area contributed by atoms with Gasteiger partial charge in [0.15, 0.2) is 0 Å². The van der Waals surface area contributed by atoms with E-state index in [1.807, 2.05) is 13.8 Å². The SMILES string of the molecule is COc1cc(OC)c(S(=O)(=O)N(C)CC(C)(C)CN)cc1Br. The van der Waals surface area contributed by atoms with Crippen LogP contribution in [0.25, 0.3) is 0 Å². The largest absolute Gasteiger partial charge is 0.495 e. The van der Waals surface area contributed by atoms with Gasteiger partial charge in [0.1, 0.15) is 16.4 Å². The first kappa shape index (κ1) is 19.2. The maximum Gasteiger partial charge on any atom is 0.246 e. The third kappa shape index (κ3) is 4.13. The maximum atomic E-state index is 12.8. The van der Waals surface area contributed by atoms with E-state index in [4.69, 9.17) is 15.2 Å². The predicted octanol–water partition coefficient (Wildman–Crippen LogP) is 2.07. The summed E-state index contributed by atoms with van der Waals surface area (Å²) in [6.45, 7) is 4.52. The van der Waals surface area contributed by atoms with Crippen molar-refractivity contribution in [1.29, 1.82) is 0 Å². The summed E-state index contributed by atoms with van der Waals surface area (Å²) < 4.78 is 37.8. The second-order valence-electron chi connectivity index (χ2n) is 5.77. The number of sulfonamides is 1. The van der Waals surface area contributed by atoms with Crippen molar-refractivity contribution >= 4 is 26.0 Å². The molecule has 0 saturated carbocycles. The van der Waals surface area contributed by atoms with Crippen molar-refractivity contribution in [2.24, 2.45) is 11.1 Å². The van der Waals surface area contributed by atoms with Crippen LogP contribution in [-0.4, -0.2) is 47.1 Å². The van der Waals surface area contributed by atoms with Crippen molar-refractivity contribution < 1.29 is 17.9 Å². The summed E-state index contributed by atoms with van der Waals surface area (Å²) >= 11 is 3.30. The highest BCUT2D eigenvalue weighted by Gasteiger charge is 2.30. The Morgan fingerprint density at radius 3 is 2.23 bits per heavy atom. The van der Waals surface area contributed by atoms with Gasteiger partial charge in [-0.15, -0.1) is 0 Å². The van der Waals surface area contributed by atoms with Gasteiger partial charge in [-0.3, -0.25) is 0 Å². The first-order valence-electron chi connectivity index (χ1n) is 6.67. The number of hydrogen-bond acceptors (Lipinski definition) is 5. The average Bonchev–Trinajstić information content (AvgIpc) is 2.46. The van der Waals surface area contributed by atoms with Gasteiger partial charge in [-0.1, -0.05) is 13.8 Å². The molecular formula is C14H23BrN2O4S. The fourth-order valence-electron chi connectivity index (χ4n) is 1.95. The number of ether oxygens (including phenoxy) is 2. The normalized spacial score (nSPS) is 12.5. The van der Waals surface area contributed by atoms with Crippen LogP contribution < -0.4 is 15.2 Å². The minimum absolute atomic E-state index is 0.0815. The monoisotopic (exact) mass is 394 g/mol. The molecule has 0 unspecified atom stereocenters. The van der Waals surface area contributed by atoms with Gasteiger partial charge in [0.2, 0.25) is 10.0 Å². The third-order valence-corrected chi connectivity index (χ3v) is 5.77. The topological polar surface area (TPSA) is 81.9 Å². The van der Waals surface area contributed by atoms with Gasteiger partial charge in [-0.25, -0.2) is 12.7 Å². The lowest BCUT2D eigenvalue weighted by Crippen LogP contribution is -2.39. The number of rotatable bonds is 7. The van der Waals surface area contributed by atoms with E-state index in [9.17, 15) is 8.42 Å². The van der Waals surface area contributed by atoms with Gasteiger partial charge in [0, 0.05) is 19.7 Å². The second kappa shape index (κ2) is 7.16. The molecule has 0 fully saturated rings. The molecule has 0 radical (unpaired) electrons. The number of benzene rings is 1. The van der Waals surface area contributed by atoms with Crippen LogP contribution in [0, 0.1) is 5.41 Å². The van der Waals surface area contributed by atoms with E-state index in [2.05, 4.69) is 15.9 Å². The summed E-state index contributed by atoms with van der Waals surface area (Å²) in [5.74, 6) is 0.734. The summed E-state index contributed by atoms with van der Waals surface area (Å²) in [4.78, 5) is 0.0815. The molecule has 0 heterocycles. The third-order valence-electron chi connectivity index (χ3n) is 3.33. The Hall–Kier alpha value is -0.830. The van der Waals surface area contributed by atoms with Crippen LogP contribution in [0.15, 0.2) is 21.5 Å². The van der Waals surface area contributed by atoms with Gasteiger partial charge < -0.3 is 15.2 Å². The van der Waals surface area contributed by atoms with Crippen molar-refractivity contribution in [3.05, 3.63) is 16.6 Å². The Labute approximate surface area is 140 Å². The standard InChI is InChI=1S/C14H23BrN2O4S/c1-14(2,8-16)9-17(3)22(18,19)13-6-10(15)11(20-4)7-12(13)21-5/h6-7H,8-9,16H2,1-5H3. The Morgan fingerprint density at radius 2 is 1.77 bits per heavy atom. The Bertz CT molecular complexity index is 632. The van der Waals surface area contributed by atoms with Crippen LogP contribution in [0.5, 0.6) is 11.5 Å². The van der Waals surface area contributed by atoms with Crippen molar-refractivity contribution in [2.75, 3.05) is 34.4 Å². The van der Waals surface area contributed by atoms with Crippen molar-refractivity contribution in [3.63, 3.8) is 0 Å². The van der Waals surface area contributed by atoms with E-state index in [1.165, 1.54) is 31.6 Å². The van der Waals surface area contributed by atoms with Gasteiger partial charge in [-0.05, 0) is 34.0 Å². The average molecular weight is 395 g/mol. The highest BCUT2D eigenvalue weighted by Crippen LogP contribution is 2.36. The van der Waals surface area contributed by atoms with Crippen LogP contribution in [0.2, 0.25) is 0 Å². The summed E-state index contributed by atoms with van der Waals surface area (Å²) in [6.07, 6.45) is 0. The Kier molecular flexibility index (Phi) is 6.26. The van der Waals surface area contributed by atoms with Crippen molar-refractivity contribution in [1.82, 2.24) is 4.31 Å². The molecule has 1 aromatic carbocycles. The minimum Gasteiger partial charge on any atom is -0.495 e. The molecule has 1 rings (SSSR count). The zero-order chi connectivity index (χ0) is 17.1. The zero-order valence-corrected chi connectivity index (χ0v) is 15.9. The molecule has 0 bridgehead atoms. The quantitative estimate of drug-likeness (QED) is 0.765. The molecule has 22 heavy (non-hydrogen) atoms. The van der Waals surface area contributed by atoms with Crippen LogP contribution in [0.3, 0.4) is 0 Å². The Morgan fingerprint density at radius 1 is 1.23 bits per heavy atom. The molecule has 6 nitrogen and oxygen atoms in total. The summed E-state index contributed by atoms with van der Waals surface area (Å²) in [6, 6.07) is 3.03. The lowest BCUT2D eigenvalue weighted by Gasteiger charge is -2.29. The highest BCUT2D eigenvalue weighted by molar-refractivity contribution is 9.10. The summed E-state index contributed by atoms with van der Waals surface area (Å²) in [5.41, 5.74) is 5.36. The predicted molar refractivity (Wildman–Crippen MR) is 89.9 cm³/mol. The molecule has 0 amide bonds. The fourth-order valence-corrected chi connectivity index (χ4v) is 4.13. The molecule has 0 spiro atoms. The van der Waals surface area contributed by atoms with Crippen molar-refractivity contribution in [3.8, 4) is 11.5 Å². The molecule has 0 saturated heterocycles. The number of hydrogen-bond donors (Lipinski definition) is 1. The number of methoxy groups -OCH3 is 2. The van der Waals surface area contributed by atoms with E-state index in [-0.39, 0.29) is 16.1 Å². The van der Waals surface area contributed by atoms with E-state index in [0.717, 1.165) is 0 Å². The lowest BCUT2D eigenvalue weighted by molar-refractivity contribution is 0.291. The minimum atomic E-state index is -3.71. The van der Waals surface area contributed by atoms with Gasteiger partial charge in [-0.2, -0.15) is 0 Å². The first-order chi connectivity index (χ1) is 10.1. The summed E-state index contributed by atoms with van der Waals surface area (Å²) in [7, 11) is 0.752. The molecule has 0 aliphatic heterocycles. The second-order valence-corrected chi connectivity index (χ2v) is 8.63. The smallest absolute Gasteiger partial charge is 0.246 e. The Balaban J connectivity index is 3.31. The van der Waals surface area contributed by atoms with Crippen molar-refractivity contribution in [2.45, 2.75) is 18.7 Å². The van der Waals surface area contributed by atoms with E-state index in [1.54, 1.807) is 6.07 Å². The number of nitrogens with zero attached hydrogens (tertiary/aromatic N) is 1. The van der Waals surface area contributed by atoms with Crippen LogP contribution in [0.4, 0.5) is 0 Å². The van der Waals surface area contributed by atoms with Crippen LogP contribution in [-0.2, 0) is 10.0 Å². The molecular weight excluding hydrogens is 372 g/mol. The van der Waals surface area contributed by atoms with Gasteiger partial charge >= 0.3 is 0 Å². The number of nitrogens with two attached hydrogens (primary N) is 1. The number of halogens is 1. The molecule has 0 atom stereocenters. The molecule has 0 aliphatic rings. The van der Waals surface area contributed by atoms with Gasteiger partial charge in [0.05, 0.1) is 18.7 Å². The first-order valence-corrected chi connectivity index (χ1v) is 8.90. The van der Waals surface area contributed by atoms with Crippen LogP contribution >= 0.6 is 15.9 Å². The zero-order valence-electron chi connectivity index (χ0n) is 13.5. The van der Waals surface area contributed by atoms with E-state index < -0.39 is 10.0 Å². The highest BCUT2D eigenvalue weighted by atomic mass is 79.9. The lowest BCUT2D eigenvalue weighted by atomic mass is 9.94. The summed E-state index contributed by atoms with van der Waals surface area (Å²) in [5, 5.41) is 0. The fraction of sp³-hybridized carbons (Fsp3) is 0.571. The maximum absolute atomic E-state index is 12.8. The molecule has 8 heteroatoms. The molecule has 0 aliphatic carbocycles. The molecule has 126 valence electrons. The van der Waals surface area contributed by atoms with Crippen LogP contribution in [0.1, 0.15) is 13.8 Å².